The molecule has 0 spiro atoms. The molecule has 1 amide bonds. The minimum atomic E-state index is -1.34. The number of anilines is 1. The molecule has 1 heterocycles. The largest absolute Gasteiger partial charge is 0.497 e. The molecule has 0 bridgehead atoms. The van der Waals surface area contributed by atoms with Crippen molar-refractivity contribution in [2.24, 2.45) is 5.92 Å². The predicted octanol–water partition coefficient (Wildman–Crippen LogP) is 2.37. The van der Waals surface area contributed by atoms with Gasteiger partial charge in [0.1, 0.15) is 5.75 Å². The van der Waals surface area contributed by atoms with Crippen LogP contribution in [0.25, 0.3) is 0 Å². The normalized spacial score (nSPS) is 11.2. The van der Waals surface area contributed by atoms with Crippen molar-refractivity contribution in [3.05, 3.63) is 54.4 Å². The molecular weight excluding hydrogens is 306 g/mol. The highest BCUT2D eigenvalue weighted by molar-refractivity contribution is 6.09. The molecule has 0 aliphatic heterocycles. The third-order valence-corrected chi connectivity index (χ3v) is 3.46. The number of ether oxygens (including phenoxy) is 1. The van der Waals surface area contributed by atoms with Gasteiger partial charge in [-0.1, -0.05) is 6.07 Å². The van der Waals surface area contributed by atoms with E-state index in [0.717, 1.165) is 5.56 Å². The topological polar surface area (TPSA) is 92.1 Å². The number of ketones is 1. The second-order valence-electron chi connectivity index (χ2n) is 5.11. The number of hydrogen-bond donors (Lipinski definition) is 1. The van der Waals surface area contributed by atoms with Crippen LogP contribution in [0.15, 0.2) is 48.8 Å². The summed E-state index contributed by atoms with van der Waals surface area (Å²) >= 11 is 0. The molecule has 1 unspecified atom stereocenters. The van der Waals surface area contributed by atoms with Gasteiger partial charge in [0.15, 0.2) is 11.7 Å². The maximum absolute atomic E-state index is 12.2. The number of aromatic nitrogens is 1. The number of rotatable bonds is 7. The standard InChI is InChI=1S/C18H17N3O3/c1-24-15-4-2-3-14(11-15)21-18(23)16(12-19)17(22)6-5-13-7-9-20-10-8-13/h2-4,7-11,16H,5-6H2,1H3,(H,21,23). The van der Waals surface area contributed by atoms with Crippen LogP contribution in [0.1, 0.15) is 12.0 Å². The average molecular weight is 323 g/mol. The summed E-state index contributed by atoms with van der Waals surface area (Å²) in [4.78, 5) is 28.3. The highest BCUT2D eigenvalue weighted by Crippen LogP contribution is 2.18. The summed E-state index contributed by atoms with van der Waals surface area (Å²) in [6.45, 7) is 0. The number of methoxy groups -OCH3 is 1. The van der Waals surface area contributed by atoms with Crippen LogP contribution in [-0.4, -0.2) is 23.8 Å². The zero-order chi connectivity index (χ0) is 17.4. The van der Waals surface area contributed by atoms with Gasteiger partial charge in [-0.15, -0.1) is 0 Å². The Bertz CT molecular complexity index is 754. The molecule has 24 heavy (non-hydrogen) atoms. The Kier molecular flexibility index (Phi) is 6.03. The molecule has 6 nitrogen and oxygen atoms in total. The van der Waals surface area contributed by atoms with Gasteiger partial charge in [-0.3, -0.25) is 14.6 Å². The molecule has 1 N–H and O–H groups in total. The lowest BCUT2D eigenvalue weighted by Crippen LogP contribution is -2.28. The first-order valence-electron chi connectivity index (χ1n) is 7.40. The van der Waals surface area contributed by atoms with Crippen LogP contribution >= 0.6 is 0 Å². The van der Waals surface area contributed by atoms with Crippen molar-refractivity contribution >= 4 is 17.4 Å². The van der Waals surface area contributed by atoms with E-state index in [1.54, 1.807) is 54.9 Å². The molecule has 1 atom stereocenters. The molecule has 122 valence electrons. The number of nitrogens with one attached hydrogen (secondary N) is 1. The molecule has 1 aromatic carbocycles. The van der Waals surface area contributed by atoms with Crippen LogP contribution in [0.2, 0.25) is 0 Å². The summed E-state index contributed by atoms with van der Waals surface area (Å²) in [7, 11) is 1.52. The van der Waals surface area contributed by atoms with Crippen molar-refractivity contribution in [2.75, 3.05) is 12.4 Å². The Morgan fingerprint density at radius 3 is 2.71 bits per heavy atom. The van der Waals surface area contributed by atoms with Gasteiger partial charge in [-0.2, -0.15) is 5.26 Å². The number of pyridine rings is 1. The van der Waals surface area contributed by atoms with E-state index in [4.69, 9.17) is 4.74 Å². The van der Waals surface area contributed by atoms with E-state index >= 15 is 0 Å². The lowest BCUT2D eigenvalue weighted by Gasteiger charge is -2.10. The minimum absolute atomic E-state index is 0.119. The fraction of sp³-hybridized carbons (Fsp3) is 0.222. The predicted molar refractivity (Wildman–Crippen MR) is 88.3 cm³/mol. The first-order valence-corrected chi connectivity index (χ1v) is 7.40. The summed E-state index contributed by atoms with van der Waals surface area (Å²) in [6.07, 6.45) is 3.86. The molecule has 2 rings (SSSR count). The molecule has 0 saturated heterocycles. The summed E-state index contributed by atoms with van der Waals surface area (Å²) < 4.78 is 5.07. The summed E-state index contributed by atoms with van der Waals surface area (Å²) in [5.41, 5.74) is 1.41. The fourth-order valence-corrected chi connectivity index (χ4v) is 2.15. The van der Waals surface area contributed by atoms with Gasteiger partial charge < -0.3 is 10.1 Å². The molecule has 2 aromatic rings. The van der Waals surface area contributed by atoms with E-state index in [1.165, 1.54) is 7.11 Å². The number of nitrogens with zero attached hydrogens (tertiary/aromatic N) is 2. The second-order valence-corrected chi connectivity index (χ2v) is 5.11. The number of carbonyl (C=O) groups is 2. The lowest BCUT2D eigenvalue weighted by molar-refractivity contribution is -0.128. The van der Waals surface area contributed by atoms with Crippen molar-refractivity contribution in [1.29, 1.82) is 5.26 Å². The van der Waals surface area contributed by atoms with E-state index in [0.29, 0.717) is 17.9 Å². The van der Waals surface area contributed by atoms with E-state index in [-0.39, 0.29) is 6.42 Å². The van der Waals surface area contributed by atoms with Gasteiger partial charge in [-0.25, -0.2) is 0 Å². The van der Waals surface area contributed by atoms with Gasteiger partial charge in [0, 0.05) is 30.6 Å². The smallest absolute Gasteiger partial charge is 0.249 e. The van der Waals surface area contributed by atoms with Crippen molar-refractivity contribution in [3.63, 3.8) is 0 Å². The van der Waals surface area contributed by atoms with Crippen LogP contribution in [0, 0.1) is 17.2 Å². The third kappa shape index (κ3) is 4.65. The van der Waals surface area contributed by atoms with Gasteiger partial charge in [0.25, 0.3) is 0 Å². The van der Waals surface area contributed by atoms with Crippen molar-refractivity contribution in [1.82, 2.24) is 4.98 Å². The van der Waals surface area contributed by atoms with Crippen LogP contribution in [-0.2, 0) is 16.0 Å². The molecule has 0 saturated carbocycles. The van der Waals surface area contributed by atoms with Gasteiger partial charge in [0.05, 0.1) is 13.2 Å². The molecule has 0 aliphatic carbocycles. The molecule has 0 fully saturated rings. The van der Waals surface area contributed by atoms with E-state index in [9.17, 15) is 14.9 Å². The van der Waals surface area contributed by atoms with Crippen LogP contribution in [0.4, 0.5) is 5.69 Å². The monoisotopic (exact) mass is 323 g/mol. The molecular formula is C18H17N3O3. The van der Waals surface area contributed by atoms with Crippen LogP contribution < -0.4 is 10.1 Å². The fourth-order valence-electron chi connectivity index (χ4n) is 2.15. The number of nitriles is 1. The average Bonchev–Trinajstić information content (AvgIpc) is 2.61. The van der Waals surface area contributed by atoms with Crippen molar-refractivity contribution < 1.29 is 14.3 Å². The first-order chi connectivity index (χ1) is 11.6. The van der Waals surface area contributed by atoms with Crippen molar-refractivity contribution in [3.8, 4) is 11.8 Å². The summed E-state index contributed by atoms with van der Waals surface area (Å²) in [5, 5.41) is 11.8. The highest BCUT2D eigenvalue weighted by atomic mass is 16.5. The van der Waals surface area contributed by atoms with Crippen LogP contribution in [0.5, 0.6) is 5.75 Å². The zero-order valence-electron chi connectivity index (χ0n) is 13.2. The van der Waals surface area contributed by atoms with Gasteiger partial charge in [-0.05, 0) is 36.2 Å². The maximum Gasteiger partial charge on any atom is 0.249 e. The summed E-state index contributed by atoms with van der Waals surface area (Å²) in [5.74, 6) is -1.80. The summed E-state index contributed by atoms with van der Waals surface area (Å²) in [6, 6.07) is 12.1. The Labute approximate surface area is 140 Å². The van der Waals surface area contributed by atoms with Crippen LogP contribution in [0.3, 0.4) is 0 Å². The zero-order valence-corrected chi connectivity index (χ0v) is 13.2. The Morgan fingerprint density at radius 1 is 1.29 bits per heavy atom. The van der Waals surface area contributed by atoms with Gasteiger partial charge in [0.2, 0.25) is 5.91 Å². The number of benzene rings is 1. The number of aryl methyl sites for hydroxylation is 1. The lowest BCUT2D eigenvalue weighted by atomic mass is 9.98. The highest BCUT2D eigenvalue weighted by Gasteiger charge is 2.26. The molecule has 0 radical (unpaired) electrons. The second kappa shape index (κ2) is 8.44. The maximum atomic E-state index is 12.2. The molecule has 6 heteroatoms. The Morgan fingerprint density at radius 2 is 2.04 bits per heavy atom. The molecule has 1 aromatic heterocycles. The Hall–Kier alpha value is -3.20. The quantitative estimate of drug-likeness (QED) is 0.790. The van der Waals surface area contributed by atoms with Crippen molar-refractivity contribution in [2.45, 2.75) is 12.8 Å². The van der Waals surface area contributed by atoms with Gasteiger partial charge >= 0.3 is 0 Å². The SMILES string of the molecule is COc1cccc(NC(=O)C(C#N)C(=O)CCc2ccncc2)c1. The minimum Gasteiger partial charge on any atom is -0.497 e. The van der Waals surface area contributed by atoms with E-state index in [2.05, 4.69) is 10.3 Å². The molecule has 0 aliphatic rings. The van der Waals surface area contributed by atoms with E-state index in [1.807, 2.05) is 0 Å². The Balaban J connectivity index is 1.97. The number of hydrogen-bond acceptors (Lipinski definition) is 5. The number of carbonyl (C=O) groups excluding carboxylic acids is 2. The number of amides is 1. The first kappa shape index (κ1) is 17.2. The van der Waals surface area contributed by atoms with E-state index < -0.39 is 17.6 Å². The third-order valence-electron chi connectivity index (χ3n) is 3.46. The number of Topliss-reactive ketones (excluding diaryl/α,β-unsaturated/α-hetero) is 1.